The monoisotopic (exact) mass is 250 g/mol. The van der Waals surface area contributed by atoms with Crippen molar-refractivity contribution >= 4 is 12.0 Å². The van der Waals surface area contributed by atoms with Gasteiger partial charge in [-0.15, -0.1) is 0 Å². The molecule has 1 rings (SSSR count). The van der Waals surface area contributed by atoms with Crippen LogP contribution in [0.1, 0.15) is 26.3 Å². The third-order valence-corrected chi connectivity index (χ3v) is 2.02. The SMILES string of the molecule is COc1cc(/C=C/C(=O)OC(C)(C)C)ccc1O. The standard InChI is InChI=1S/C14H18O4/c1-14(2,3)18-13(16)8-6-10-5-7-11(15)12(9-10)17-4/h5-9,15H,1-4H3/b8-6+. The number of hydrogen-bond donors (Lipinski definition) is 1. The number of rotatable bonds is 3. The Bertz CT molecular complexity index is 455. The van der Waals surface area contributed by atoms with Crippen LogP contribution < -0.4 is 4.74 Å². The average molecular weight is 250 g/mol. The van der Waals surface area contributed by atoms with E-state index in [1.165, 1.54) is 19.3 Å². The number of carbonyl (C=O) groups excluding carboxylic acids is 1. The summed E-state index contributed by atoms with van der Waals surface area (Å²) in [5.41, 5.74) is 0.240. The predicted molar refractivity (Wildman–Crippen MR) is 69.5 cm³/mol. The fourth-order valence-electron chi connectivity index (χ4n) is 1.30. The first-order valence-corrected chi connectivity index (χ1v) is 5.60. The highest BCUT2D eigenvalue weighted by atomic mass is 16.6. The topological polar surface area (TPSA) is 55.8 Å². The lowest BCUT2D eigenvalue weighted by molar-refractivity contribution is -0.148. The number of ether oxygens (including phenoxy) is 2. The van der Waals surface area contributed by atoms with Crippen LogP contribution in [0.5, 0.6) is 11.5 Å². The Morgan fingerprint density at radius 3 is 2.56 bits per heavy atom. The van der Waals surface area contributed by atoms with Gasteiger partial charge in [0.25, 0.3) is 0 Å². The summed E-state index contributed by atoms with van der Waals surface area (Å²) < 4.78 is 10.1. The summed E-state index contributed by atoms with van der Waals surface area (Å²) in [6.07, 6.45) is 2.95. The first-order valence-electron chi connectivity index (χ1n) is 5.60. The number of esters is 1. The van der Waals surface area contributed by atoms with Crippen LogP contribution in [0, 0.1) is 0 Å². The van der Waals surface area contributed by atoms with Gasteiger partial charge in [-0.2, -0.15) is 0 Å². The molecule has 0 aliphatic carbocycles. The highest BCUT2D eigenvalue weighted by molar-refractivity contribution is 5.87. The van der Waals surface area contributed by atoms with E-state index in [1.54, 1.807) is 18.2 Å². The Hall–Kier alpha value is -1.97. The molecule has 98 valence electrons. The van der Waals surface area contributed by atoms with Gasteiger partial charge in [0.05, 0.1) is 7.11 Å². The molecule has 0 bridgehead atoms. The second-order valence-corrected chi connectivity index (χ2v) is 4.80. The lowest BCUT2D eigenvalue weighted by Gasteiger charge is -2.17. The highest BCUT2D eigenvalue weighted by Gasteiger charge is 2.13. The van der Waals surface area contributed by atoms with Crippen molar-refractivity contribution < 1.29 is 19.4 Å². The summed E-state index contributed by atoms with van der Waals surface area (Å²) in [6.45, 7) is 5.42. The van der Waals surface area contributed by atoms with Gasteiger partial charge in [0, 0.05) is 6.08 Å². The molecule has 1 aromatic carbocycles. The van der Waals surface area contributed by atoms with E-state index < -0.39 is 11.6 Å². The number of aromatic hydroxyl groups is 1. The molecule has 0 fully saturated rings. The predicted octanol–water partition coefficient (Wildman–Crippen LogP) is 2.76. The molecule has 0 amide bonds. The van der Waals surface area contributed by atoms with E-state index >= 15 is 0 Å². The lowest BCUT2D eigenvalue weighted by Crippen LogP contribution is -2.22. The molecule has 0 aliphatic heterocycles. The van der Waals surface area contributed by atoms with Crippen LogP contribution in [0.2, 0.25) is 0 Å². The van der Waals surface area contributed by atoms with Gasteiger partial charge in [-0.3, -0.25) is 0 Å². The van der Waals surface area contributed by atoms with Crippen molar-refractivity contribution in [2.24, 2.45) is 0 Å². The van der Waals surface area contributed by atoms with Crippen LogP contribution in [0.3, 0.4) is 0 Å². The van der Waals surface area contributed by atoms with Crippen molar-refractivity contribution in [2.45, 2.75) is 26.4 Å². The molecule has 4 nitrogen and oxygen atoms in total. The number of methoxy groups -OCH3 is 1. The largest absolute Gasteiger partial charge is 0.504 e. The molecule has 0 spiro atoms. The zero-order valence-electron chi connectivity index (χ0n) is 11.1. The average Bonchev–Trinajstić information content (AvgIpc) is 2.25. The van der Waals surface area contributed by atoms with Crippen LogP contribution >= 0.6 is 0 Å². The zero-order valence-corrected chi connectivity index (χ0v) is 11.1. The van der Waals surface area contributed by atoms with Gasteiger partial charge in [-0.05, 0) is 44.5 Å². The molecule has 1 aromatic rings. The quantitative estimate of drug-likeness (QED) is 0.662. The molecule has 4 heteroatoms. The minimum Gasteiger partial charge on any atom is -0.504 e. The molecule has 18 heavy (non-hydrogen) atoms. The lowest BCUT2D eigenvalue weighted by atomic mass is 10.2. The molecule has 0 saturated heterocycles. The van der Waals surface area contributed by atoms with Crippen LogP contribution in [-0.4, -0.2) is 23.8 Å². The molecule has 0 radical (unpaired) electrons. The molecule has 0 unspecified atom stereocenters. The van der Waals surface area contributed by atoms with E-state index in [-0.39, 0.29) is 5.75 Å². The van der Waals surface area contributed by atoms with Gasteiger partial charge in [0.1, 0.15) is 5.60 Å². The maximum atomic E-state index is 11.5. The number of hydrogen-bond acceptors (Lipinski definition) is 4. The Balaban J connectivity index is 2.76. The maximum Gasteiger partial charge on any atom is 0.331 e. The van der Waals surface area contributed by atoms with E-state index in [9.17, 15) is 9.90 Å². The molecule has 0 aliphatic rings. The summed E-state index contributed by atoms with van der Waals surface area (Å²) in [7, 11) is 1.47. The Morgan fingerprint density at radius 2 is 2.00 bits per heavy atom. The summed E-state index contributed by atoms with van der Waals surface area (Å²) >= 11 is 0. The van der Waals surface area contributed by atoms with Gasteiger partial charge >= 0.3 is 5.97 Å². The first-order chi connectivity index (χ1) is 8.31. The minimum absolute atomic E-state index is 0.0620. The van der Waals surface area contributed by atoms with Crippen LogP contribution in [-0.2, 0) is 9.53 Å². The van der Waals surface area contributed by atoms with E-state index in [1.807, 2.05) is 20.8 Å². The van der Waals surface area contributed by atoms with Gasteiger partial charge in [-0.1, -0.05) is 6.07 Å². The van der Waals surface area contributed by atoms with E-state index in [2.05, 4.69) is 0 Å². The summed E-state index contributed by atoms with van der Waals surface area (Å²) in [5, 5.41) is 9.42. The van der Waals surface area contributed by atoms with Gasteiger partial charge in [-0.25, -0.2) is 4.79 Å². The fourth-order valence-corrected chi connectivity index (χ4v) is 1.30. The molecular formula is C14H18O4. The Labute approximate surface area is 107 Å². The second kappa shape index (κ2) is 5.58. The highest BCUT2D eigenvalue weighted by Crippen LogP contribution is 2.26. The number of carbonyl (C=O) groups is 1. The summed E-state index contributed by atoms with van der Waals surface area (Å²) in [6, 6.07) is 4.82. The van der Waals surface area contributed by atoms with Crippen molar-refractivity contribution in [1.29, 1.82) is 0 Å². The normalized spacial score (nSPS) is 11.6. The van der Waals surface area contributed by atoms with Crippen molar-refractivity contribution in [3.8, 4) is 11.5 Å². The van der Waals surface area contributed by atoms with Crippen molar-refractivity contribution in [3.63, 3.8) is 0 Å². The van der Waals surface area contributed by atoms with Crippen LogP contribution in [0.4, 0.5) is 0 Å². The summed E-state index contributed by atoms with van der Waals surface area (Å²) in [5.74, 6) is 0.0165. The van der Waals surface area contributed by atoms with E-state index in [4.69, 9.17) is 9.47 Å². The maximum absolute atomic E-state index is 11.5. The zero-order chi connectivity index (χ0) is 13.8. The van der Waals surface area contributed by atoms with Gasteiger partial charge in [0.15, 0.2) is 11.5 Å². The molecular weight excluding hydrogens is 232 g/mol. The first kappa shape index (κ1) is 14.1. The Kier molecular flexibility index (Phi) is 4.37. The van der Waals surface area contributed by atoms with E-state index in [0.29, 0.717) is 5.75 Å². The minimum atomic E-state index is -0.506. The third-order valence-electron chi connectivity index (χ3n) is 2.02. The van der Waals surface area contributed by atoms with Gasteiger partial charge < -0.3 is 14.6 Å². The van der Waals surface area contributed by atoms with Crippen molar-refractivity contribution in [2.75, 3.05) is 7.11 Å². The molecule has 0 saturated carbocycles. The third kappa shape index (κ3) is 4.49. The van der Waals surface area contributed by atoms with Crippen LogP contribution in [0.25, 0.3) is 6.08 Å². The molecule has 0 aromatic heterocycles. The van der Waals surface area contributed by atoms with E-state index in [0.717, 1.165) is 5.56 Å². The molecule has 0 heterocycles. The number of benzene rings is 1. The number of phenols is 1. The van der Waals surface area contributed by atoms with Gasteiger partial charge in [0.2, 0.25) is 0 Å². The molecule has 1 N–H and O–H groups in total. The van der Waals surface area contributed by atoms with Crippen molar-refractivity contribution in [1.82, 2.24) is 0 Å². The van der Waals surface area contributed by atoms with Crippen molar-refractivity contribution in [3.05, 3.63) is 29.8 Å². The summed E-state index contributed by atoms with van der Waals surface area (Å²) in [4.78, 5) is 11.5. The second-order valence-electron chi connectivity index (χ2n) is 4.80. The smallest absolute Gasteiger partial charge is 0.331 e. The fraction of sp³-hybridized carbons (Fsp3) is 0.357. The Morgan fingerprint density at radius 1 is 1.33 bits per heavy atom. The van der Waals surface area contributed by atoms with Crippen LogP contribution in [0.15, 0.2) is 24.3 Å². The molecule has 0 atom stereocenters. The number of phenolic OH excluding ortho intramolecular Hbond substituents is 1.